The van der Waals surface area contributed by atoms with Crippen LogP contribution in [0.25, 0.3) is 0 Å². The Balaban J connectivity index is 0.00000162. The normalized spacial score (nSPS) is 15.7. The molecule has 1 amide bonds. The molecule has 1 atom stereocenters. The van der Waals surface area contributed by atoms with Gasteiger partial charge in [-0.2, -0.15) is 0 Å². The summed E-state index contributed by atoms with van der Waals surface area (Å²) < 4.78 is 13.3. The number of hydrogen-bond donors (Lipinski definition) is 2. The quantitative estimate of drug-likeness (QED) is 0.881. The van der Waals surface area contributed by atoms with E-state index in [1.165, 1.54) is 6.07 Å². The van der Waals surface area contributed by atoms with Gasteiger partial charge in [0, 0.05) is 18.2 Å². The first-order valence-corrected chi connectivity index (χ1v) is 5.89. The number of halogens is 2. The minimum absolute atomic E-state index is 0. The molecule has 0 heterocycles. The van der Waals surface area contributed by atoms with Crippen LogP contribution in [0.2, 0.25) is 0 Å². The second kappa shape index (κ2) is 6.16. The number of carbonyl (C=O) groups is 1. The zero-order valence-corrected chi connectivity index (χ0v) is 11.1. The van der Waals surface area contributed by atoms with Gasteiger partial charge < -0.3 is 11.1 Å². The topological polar surface area (TPSA) is 55.1 Å². The zero-order chi connectivity index (χ0) is 12.4. The molecule has 0 bridgehead atoms. The molecular weight excluding hydrogens is 255 g/mol. The number of hydrogen-bond acceptors (Lipinski definition) is 2. The molecular formula is C13H18ClFN2O. The van der Waals surface area contributed by atoms with E-state index in [1.807, 2.05) is 0 Å². The first-order chi connectivity index (χ1) is 8.11. The Morgan fingerprint density at radius 2 is 2.22 bits per heavy atom. The SMILES string of the molecule is Cc1ccc(C(=O)NC(CN)C2CC2)cc1F.Cl. The van der Waals surface area contributed by atoms with Gasteiger partial charge in [0.15, 0.2) is 0 Å². The molecule has 0 radical (unpaired) electrons. The van der Waals surface area contributed by atoms with Gasteiger partial charge in [-0.3, -0.25) is 4.79 Å². The van der Waals surface area contributed by atoms with E-state index in [2.05, 4.69) is 5.32 Å². The summed E-state index contributed by atoms with van der Waals surface area (Å²) in [7, 11) is 0. The van der Waals surface area contributed by atoms with Gasteiger partial charge in [0.2, 0.25) is 0 Å². The summed E-state index contributed by atoms with van der Waals surface area (Å²) in [4.78, 5) is 11.9. The Morgan fingerprint density at radius 3 is 2.72 bits per heavy atom. The molecule has 3 nitrogen and oxygen atoms in total. The molecule has 1 fully saturated rings. The number of amides is 1. The lowest BCUT2D eigenvalue weighted by atomic mass is 10.1. The number of nitrogens with two attached hydrogens (primary N) is 1. The van der Waals surface area contributed by atoms with Crippen molar-refractivity contribution in [1.82, 2.24) is 5.32 Å². The Bertz CT molecular complexity index is 435. The maximum Gasteiger partial charge on any atom is 0.251 e. The van der Waals surface area contributed by atoms with Crippen LogP contribution in [0.15, 0.2) is 18.2 Å². The summed E-state index contributed by atoms with van der Waals surface area (Å²) in [6, 6.07) is 4.53. The van der Waals surface area contributed by atoms with Crippen molar-refractivity contribution in [3.63, 3.8) is 0 Å². The molecule has 0 spiro atoms. The Hall–Kier alpha value is -1.13. The summed E-state index contributed by atoms with van der Waals surface area (Å²) in [5.41, 5.74) is 6.50. The molecule has 1 aromatic carbocycles. The Morgan fingerprint density at radius 1 is 1.56 bits per heavy atom. The molecule has 1 aliphatic carbocycles. The van der Waals surface area contributed by atoms with Crippen LogP contribution in [0.3, 0.4) is 0 Å². The third-order valence-electron chi connectivity index (χ3n) is 3.20. The van der Waals surface area contributed by atoms with Crippen LogP contribution in [0.1, 0.15) is 28.8 Å². The van der Waals surface area contributed by atoms with Gasteiger partial charge in [-0.15, -0.1) is 12.4 Å². The first-order valence-electron chi connectivity index (χ1n) is 5.89. The summed E-state index contributed by atoms with van der Waals surface area (Å²) in [5, 5.41) is 2.86. The van der Waals surface area contributed by atoms with E-state index >= 15 is 0 Å². The molecule has 2 rings (SSSR count). The summed E-state index contributed by atoms with van der Waals surface area (Å²) in [6.45, 7) is 2.11. The third-order valence-corrected chi connectivity index (χ3v) is 3.20. The van der Waals surface area contributed by atoms with E-state index in [4.69, 9.17) is 5.73 Å². The van der Waals surface area contributed by atoms with Crippen LogP contribution in [-0.4, -0.2) is 18.5 Å². The smallest absolute Gasteiger partial charge is 0.251 e. The van der Waals surface area contributed by atoms with E-state index in [9.17, 15) is 9.18 Å². The number of rotatable bonds is 4. The number of aryl methyl sites for hydroxylation is 1. The van der Waals surface area contributed by atoms with E-state index < -0.39 is 0 Å². The van der Waals surface area contributed by atoms with Crippen molar-refractivity contribution in [3.8, 4) is 0 Å². The van der Waals surface area contributed by atoms with Crippen molar-refractivity contribution >= 4 is 18.3 Å². The highest BCUT2D eigenvalue weighted by Gasteiger charge is 2.31. The first kappa shape index (κ1) is 14.9. The largest absolute Gasteiger partial charge is 0.348 e. The van der Waals surface area contributed by atoms with Crippen LogP contribution in [-0.2, 0) is 0 Å². The molecule has 0 aliphatic heterocycles. The van der Waals surface area contributed by atoms with Gasteiger partial charge in [-0.05, 0) is 43.4 Å². The van der Waals surface area contributed by atoms with Crippen LogP contribution in [0, 0.1) is 18.7 Å². The molecule has 18 heavy (non-hydrogen) atoms. The molecule has 1 saturated carbocycles. The monoisotopic (exact) mass is 272 g/mol. The van der Waals surface area contributed by atoms with Gasteiger partial charge in [0.05, 0.1) is 0 Å². The van der Waals surface area contributed by atoms with E-state index in [0.29, 0.717) is 23.6 Å². The van der Waals surface area contributed by atoms with Crippen molar-refractivity contribution in [2.45, 2.75) is 25.8 Å². The molecule has 100 valence electrons. The molecule has 5 heteroatoms. The summed E-state index contributed by atoms with van der Waals surface area (Å²) in [6.07, 6.45) is 2.23. The molecule has 0 aromatic heterocycles. The van der Waals surface area contributed by atoms with E-state index in [-0.39, 0.29) is 30.2 Å². The molecule has 0 saturated heterocycles. The van der Waals surface area contributed by atoms with Gasteiger partial charge >= 0.3 is 0 Å². The zero-order valence-electron chi connectivity index (χ0n) is 10.3. The highest BCUT2D eigenvalue weighted by molar-refractivity contribution is 5.94. The van der Waals surface area contributed by atoms with Crippen LogP contribution in [0.5, 0.6) is 0 Å². The standard InChI is InChI=1S/C13H17FN2O.ClH/c1-8-2-3-10(6-11(8)14)13(17)16-12(7-15)9-4-5-9;/h2-3,6,9,12H,4-5,7,15H2,1H3,(H,16,17);1H. The minimum atomic E-state index is -0.353. The second-order valence-corrected chi connectivity index (χ2v) is 4.62. The second-order valence-electron chi connectivity index (χ2n) is 4.62. The van der Waals surface area contributed by atoms with Gasteiger partial charge in [0.1, 0.15) is 5.82 Å². The number of benzene rings is 1. The summed E-state index contributed by atoms with van der Waals surface area (Å²) >= 11 is 0. The number of nitrogens with one attached hydrogen (secondary N) is 1. The van der Waals surface area contributed by atoms with Crippen molar-refractivity contribution in [2.24, 2.45) is 11.7 Å². The van der Waals surface area contributed by atoms with Gasteiger partial charge in [0.25, 0.3) is 5.91 Å². The van der Waals surface area contributed by atoms with E-state index in [0.717, 1.165) is 12.8 Å². The Kier molecular flexibility index (Phi) is 5.11. The molecule has 1 unspecified atom stereocenters. The van der Waals surface area contributed by atoms with Crippen molar-refractivity contribution in [2.75, 3.05) is 6.54 Å². The highest BCUT2D eigenvalue weighted by Crippen LogP contribution is 2.32. The molecule has 1 aromatic rings. The van der Waals surface area contributed by atoms with Gasteiger partial charge in [-0.25, -0.2) is 4.39 Å². The van der Waals surface area contributed by atoms with Gasteiger partial charge in [-0.1, -0.05) is 6.07 Å². The minimum Gasteiger partial charge on any atom is -0.348 e. The maximum atomic E-state index is 13.3. The lowest BCUT2D eigenvalue weighted by molar-refractivity contribution is 0.0933. The lowest BCUT2D eigenvalue weighted by Gasteiger charge is -2.16. The number of carbonyl (C=O) groups excluding carboxylic acids is 1. The van der Waals surface area contributed by atoms with Crippen LogP contribution in [0.4, 0.5) is 4.39 Å². The van der Waals surface area contributed by atoms with Crippen LogP contribution < -0.4 is 11.1 Å². The Labute approximate surface area is 112 Å². The van der Waals surface area contributed by atoms with Crippen molar-refractivity contribution in [1.29, 1.82) is 0 Å². The average molecular weight is 273 g/mol. The fourth-order valence-corrected chi connectivity index (χ4v) is 1.85. The average Bonchev–Trinajstić information content (AvgIpc) is 3.13. The predicted octanol–water partition coefficient (Wildman–Crippen LogP) is 2.02. The fraction of sp³-hybridized carbons (Fsp3) is 0.462. The lowest BCUT2D eigenvalue weighted by Crippen LogP contribution is -2.41. The van der Waals surface area contributed by atoms with Crippen molar-refractivity contribution < 1.29 is 9.18 Å². The molecule has 1 aliphatic rings. The third kappa shape index (κ3) is 3.43. The summed E-state index contributed by atoms with van der Waals surface area (Å²) in [5.74, 6) is -0.0983. The predicted molar refractivity (Wildman–Crippen MR) is 71.4 cm³/mol. The van der Waals surface area contributed by atoms with Crippen molar-refractivity contribution in [3.05, 3.63) is 35.1 Å². The fourth-order valence-electron chi connectivity index (χ4n) is 1.85. The highest BCUT2D eigenvalue weighted by atomic mass is 35.5. The van der Waals surface area contributed by atoms with Crippen LogP contribution >= 0.6 is 12.4 Å². The molecule has 3 N–H and O–H groups in total. The maximum absolute atomic E-state index is 13.3. The van der Waals surface area contributed by atoms with E-state index in [1.54, 1.807) is 19.1 Å².